The Labute approximate surface area is 112 Å². The van der Waals surface area contributed by atoms with Gasteiger partial charge in [-0.25, -0.2) is 4.79 Å². The maximum atomic E-state index is 11.4. The Morgan fingerprint density at radius 2 is 1.95 bits per heavy atom. The van der Waals surface area contributed by atoms with Crippen molar-refractivity contribution in [3.8, 4) is 11.5 Å². The maximum Gasteiger partial charge on any atom is 0.330 e. The third kappa shape index (κ3) is 4.63. The zero-order valence-electron chi connectivity index (χ0n) is 11.3. The normalized spacial score (nSPS) is 10.5. The van der Waals surface area contributed by atoms with Crippen LogP contribution in [0.5, 0.6) is 11.5 Å². The van der Waals surface area contributed by atoms with Crippen LogP contribution in [-0.4, -0.2) is 40.5 Å². The molecule has 0 spiro atoms. The molecule has 104 valence electrons. The summed E-state index contributed by atoms with van der Waals surface area (Å²) in [5.74, 6) is 0.755. The highest BCUT2D eigenvalue weighted by atomic mass is 16.6. The molecule has 0 aliphatic rings. The molecule has 1 aromatic carbocycles. The van der Waals surface area contributed by atoms with Crippen LogP contribution in [0.15, 0.2) is 24.3 Å². The van der Waals surface area contributed by atoms with Gasteiger partial charge in [-0.15, -0.1) is 0 Å². The van der Waals surface area contributed by atoms with Crippen molar-refractivity contribution in [1.82, 2.24) is 0 Å². The second-order valence-corrected chi connectivity index (χ2v) is 3.58. The van der Waals surface area contributed by atoms with Crippen molar-refractivity contribution in [2.45, 2.75) is 0 Å². The van der Waals surface area contributed by atoms with Gasteiger partial charge in [-0.2, -0.15) is 0 Å². The van der Waals surface area contributed by atoms with Crippen LogP contribution < -0.4 is 9.47 Å². The van der Waals surface area contributed by atoms with Gasteiger partial charge in [0.25, 0.3) is 0 Å². The van der Waals surface area contributed by atoms with Crippen molar-refractivity contribution in [2.24, 2.45) is 0 Å². The number of carbonyl (C=O) groups excluding carboxylic acids is 1. The van der Waals surface area contributed by atoms with Crippen LogP contribution in [0.4, 0.5) is 0 Å². The Morgan fingerprint density at radius 3 is 2.58 bits per heavy atom. The molecular formula is C14H18O5. The average molecular weight is 266 g/mol. The van der Waals surface area contributed by atoms with Crippen molar-refractivity contribution < 1.29 is 23.7 Å². The smallest absolute Gasteiger partial charge is 0.330 e. The Balaban J connectivity index is 2.73. The Bertz CT molecular complexity index is 439. The van der Waals surface area contributed by atoms with Crippen LogP contribution in [0, 0.1) is 0 Å². The molecule has 0 unspecified atom stereocenters. The summed E-state index contributed by atoms with van der Waals surface area (Å²) in [5, 5.41) is 0. The zero-order valence-corrected chi connectivity index (χ0v) is 11.3. The number of hydrogen-bond donors (Lipinski definition) is 0. The molecule has 0 saturated heterocycles. The van der Waals surface area contributed by atoms with E-state index in [9.17, 15) is 4.79 Å². The van der Waals surface area contributed by atoms with Crippen molar-refractivity contribution in [1.29, 1.82) is 0 Å². The molecule has 0 fully saturated rings. The zero-order chi connectivity index (χ0) is 14.1. The van der Waals surface area contributed by atoms with Gasteiger partial charge in [-0.05, 0) is 12.1 Å². The molecule has 0 bridgehead atoms. The summed E-state index contributed by atoms with van der Waals surface area (Å²) in [6.07, 6.45) is 2.96. The van der Waals surface area contributed by atoms with Gasteiger partial charge in [0.15, 0.2) is 11.5 Å². The molecule has 0 saturated carbocycles. The van der Waals surface area contributed by atoms with Crippen molar-refractivity contribution >= 4 is 12.0 Å². The Kier molecular flexibility index (Phi) is 6.46. The van der Waals surface area contributed by atoms with E-state index >= 15 is 0 Å². The van der Waals surface area contributed by atoms with Crippen molar-refractivity contribution in [2.75, 3.05) is 34.5 Å². The summed E-state index contributed by atoms with van der Waals surface area (Å²) in [6, 6.07) is 5.42. The van der Waals surface area contributed by atoms with Gasteiger partial charge >= 0.3 is 5.97 Å². The van der Waals surface area contributed by atoms with Crippen LogP contribution in [0.3, 0.4) is 0 Å². The minimum Gasteiger partial charge on any atom is -0.493 e. The molecule has 0 heterocycles. The highest BCUT2D eigenvalue weighted by Crippen LogP contribution is 2.31. The summed E-state index contributed by atoms with van der Waals surface area (Å²) in [5.41, 5.74) is 0.741. The molecule has 0 N–H and O–H groups in total. The molecule has 0 radical (unpaired) electrons. The molecule has 0 aliphatic heterocycles. The van der Waals surface area contributed by atoms with Crippen molar-refractivity contribution in [3.63, 3.8) is 0 Å². The predicted octanol–water partition coefficient (Wildman–Crippen LogP) is 1.91. The standard InChI is InChI=1S/C14H18O5/c1-16-9-10-19-13(15)8-7-11-5-4-6-12(17-2)14(11)18-3/h4-8H,9-10H2,1-3H3. The largest absolute Gasteiger partial charge is 0.493 e. The number of carbonyl (C=O) groups is 1. The Hall–Kier alpha value is -2.01. The van der Waals surface area contributed by atoms with Gasteiger partial charge in [0, 0.05) is 18.7 Å². The van der Waals surface area contributed by atoms with Crippen LogP contribution in [0.25, 0.3) is 6.08 Å². The van der Waals surface area contributed by atoms with Crippen LogP contribution in [0.2, 0.25) is 0 Å². The fourth-order valence-corrected chi connectivity index (χ4v) is 1.47. The van der Waals surface area contributed by atoms with E-state index in [1.54, 1.807) is 33.5 Å². The number of benzene rings is 1. The van der Waals surface area contributed by atoms with E-state index in [0.717, 1.165) is 5.56 Å². The highest BCUT2D eigenvalue weighted by molar-refractivity contribution is 5.87. The lowest BCUT2D eigenvalue weighted by atomic mass is 10.1. The number of rotatable bonds is 7. The topological polar surface area (TPSA) is 54.0 Å². The lowest BCUT2D eigenvalue weighted by Gasteiger charge is -2.09. The molecular weight excluding hydrogens is 248 g/mol. The second-order valence-electron chi connectivity index (χ2n) is 3.58. The highest BCUT2D eigenvalue weighted by Gasteiger charge is 2.07. The van der Waals surface area contributed by atoms with Crippen LogP contribution >= 0.6 is 0 Å². The number of esters is 1. The third-order valence-electron chi connectivity index (χ3n) is 2.36. The van der Waals surface area contributed by atoms with E-state index in [-0.39, 0.29) is 6.61 Å². The monoisotopic (exact) mass is 266 g/mol. The van der Waals surface area contributed by atoms with Crippen molar-refractivity contribution in [3.05, 3.63) is 29.8 Å². The second kappa shape index (κ2) is 8.16. The maximum absolute atomic E-state index is 11.4. The van der Waals surface area contributed by atoms with Crippen LogP contribution in [0.1, 0.15) is 5.56 Å². The first-order valence-corrected chi connectivity index (χ1v) is 5.77. The molecule has 0 aliphatic carbocycles. The lowest BCUT2D eigenvalue weighted by Crippen LogP contribution is -2.06. The molecule has 0 atom stereocenters. The van der Waals surface area contributed by atoms with Gasteiger partial charge in [0.1, 0.15) is 6.61 Å². The minimum absolute atomic E-state index is 0.231. The summed E-state index contributed by atoms with van der Waals surface area (Å²) in [4.78, 5) is 11.4. The molecule has 1 aromatic rings. The van der Waals surface area contributed by atoms with E-state index in [4.69, 9.17) is 18.9 Å². The van der Waals surface area contributed by atoms with E-state index in [2.05, 4.69) is 0 Å². The first-order chi connectivity index (χ1) is 9.22. The molecule has 5 heteroatoms. The minimum atomic E-state index is -0.429. The van der Waals surface area contributed by atoms with Gasteiger partial charge < -0.3 is 18.9 Å². The van der Waals surface area contributed by atoms with Gasteiger partial charge in [0.2, 0.25) is 0 Å². The van der Waals surface area contributed by atoms with E-state index in [1.165, 1.54) is 6.08 Å². The molecule has 5 nitrogen and oxygen atoms in total. The Morgan fingerprint density at radius 1 is 1.16 bits per heavy atom. The number of ether oxygens (including phenoxy) is 4. The van der Waals surface area contributed by atoms with Gasteiger partial charge in [-0.1, -0.05) is 12.1 Å². The third-order valence-corrected chi connectivity index (χ3v) is 2.36. The molecule has 1 rings (SSSR count). The molecule has 0 aromatic heterocycles. The molecule has 19 heavy (non-hydrogen) atoms. The quantitative estimate of drug-likeness (QED) is 0.428. The average Bonchev–Trinajstić information content (AvgIpc) is 2.44. The summed E-state index contributed by atoms with van der Waals surface area (Å²) >= 11 is 0. The van der Waals surface area contributed by atoms with Crippen LogP contribution in [-0.2, 0) is 14.3 Å². The predicted molar refractivity (Wildman–Crippen MR) is 71.4 cm³/mol. The number of para-hydroxylation sites is 1. The number of methoxy groups -OCH3 is 3. The van der Waals surface area contributed by atoms with Gasteiger partial charge in [-0.3, -0.25) is 0 Å². The summed E-state index contributed by atoms with van der Waals surface area (Å²) in [6.45, 7) is 0.608. The fourth-order valence-electron chi connectivity index (χ4n) is 1.47. The number of hydrogen-bond acceptors (Lipinski definition) is 5. The van der Waals surface area contributed by atoms with E-state index < -0.39 is 5.97 Å². The first kappa shape index (κ1) is 15.0. The summed E-state index contributed by atoms with van der Waals surface area (Å²) < 4.78 is 20.1. The van der Waals surface area contributed by atoms with Gasteiger partial charge in [0.05, 0.1) is 20.8 Å². The van der Waals surface area contributed by atoms with E-state index in [1.807, 2.05) is 12.1 Å². The SMILES string of the molecule is COCCOC(=O)C=Cc1cccc(OC)c1OC. The molecule has 0 amide bonds. The summed E-state index contributed by atoms with van der Waals surface area (Å²) in [7, 11) is 4.65. The van der Waals surface area contributed by atoms with E-state index in [0.29, 0.717) is 18.1 Å². The first-order valence-electron chi connectivity index (χ1n) is 5.77. The lowest BCUT2D eigenvalue weighted by molar-refractivity contribution is -0.138. The fraction of sp³-hybridized carbons (Fsp3) is 0.357.